The summed E-state index contributed by atoms with van der Waals surface area (Å²) in [7, 11) is 0. The van der Waals surface area contributed by atoms with Crippen molar-refractivity contribution >= 4 is 5.91 Å². The van der Waals surface area contributed by atoms with E-state index >= 15 is 0 Å². The van der Waals surface area contributed by atoms with Gasteiger partial charge in [-0.25, -0.2) is 8.78 Å². The summed E-state index contributed by atoms with van der Waals surface area (Å²) in [6.45, 7) is 3.51. The minimum Gasteiger partial charge on any atom is -0.472 e. The van der Waals surface area contributed by atoms with E-state index < -0.39 is 11.6 Å². The topological polar surface area (TPSA) is 36.7 Å². The van der Waals surface area contributed by atoms with Crippen LogP contribution in [0.3, 0.4) is 0 Å². The Labute approximate surface area is 151 Å². The zero-order valence-corrected chi connectivity index (χ0v) is 14.6. The highest BCUT2D eigenvalue weighted by Crippen LogP contribution is 2.40. The third kappa shape index (κ3) is 3.26. The zero-order chi connectivity index (χ0) is 18.1. The Balaban J connectivity index is 1.43. The number of nitrogens with zero attached hydrogens (tertiary/aromatic N) is 2. The quantitative estimate of drug-likeness (QED) is 0.838. The molecule has 2 aromatic rings. The van der Waals surface area contributed by atoms with Gasteiger partial charge in [0, 0.05) is 37.2 Å². The van der Waals surface area contributed by atoms with Gasteiger partial charge in [0.1, 0.15) is 6.26 Å². The summed E-state index contributed by atoms with van der Waals surface area (Å²) in [6, 6.07) is 6.03. The number of carbonyl (C=O) groups excluding carboxylic acids is 1. The van der Waals surface area contributed by atoms with Crippen molar-refractivity contribution in [2.45, 2.75) is 25.8 Å². The average molecular weight is 360 g/mol. The van der Waals surface area contributed by atoms with Crippen LogP contribution in [0, 0.1) is 17.0 Å². The summed E-state index contributed by atoms with van der Waals surface area (Å²) in [5.41, 5.74) is 1.02. The molecule has 6 heteroatoms. The molecular formula is C20H22F2N2O2. The maximum absolute atomic E-state index is 14.0. The molecule has 1 aromatic heterocycles. The molecule has 1 amide bonds. The Bertz CT molecular complexity index is 793. The molecular weight excluding hydrogens is 338 g/mol. The van der Waals surface area contributed by atoms with Crippen molar-refractivity contribution in [1.29, 1.82) is 0 Å². The number of rotatable bonds is 3. The van der Waals surface area contributed by atoms with Crippen molar-refractivity contribution in [1.82, 2.24) is 9.80 Å². The van der Waals surface area contributed by atoms with E-state index in [-0.39, 0.29) is 11.3 Å². The van der Waals surface area contributed by atoms with Crippen molar-refractivity contribution in [2.75, 3.05) is 26.2 Å². The second-order valence-electron chi connectivity index (χ2n) is 7.52. The molecule has 0 N–H and O–H groups in total. The SMILES string of the molecule is O=C(c1ccoc1)N1CC[C@]2(CCCN(Cc3cccc(F)c3F)C2)C1. The Morgan fingerprint density at radius 1 is 1.15 bits per heavy atom. The maximum atomic E-state index is 14.0. The molecule has 2 aliphatic heterocycles. The number of hydrogen-bond acceptors (Lipinski definition) is 3. The van der Waals surface area contributed by atoms with Crippen molar-refractivity contribution < 1.29 is 18.0 Å². The highest BCUT2D eigenvalue weighted by Gasteiger charge is 2.43. The molecule has 2 aliphatic rings. The molecule has 0 unspecified atom stereocenters. The first-order valence-electron chi connectivity index (χ1n) is 9.03. The largest absolute Gasteiger partial charge is 0.472 e. The van der Waals surface area contributed by atoms with Crippen molar-refractivity contribution in [3.05, 3.63) is 59.6 Å². The van der Waals surface area contributed by atoms with Crippen LogP contribution in [-0.4, -0.2) is 41.9 Å². The fourth-order valence-electron chi connectivity index (χ4n) is 4.37. The third-order valence-corrected chi connectivity index (χ3v) is 5.66. The highest BCUT2D eigenvalue weighted by atomic mass is 19.2. The lowest BCUT2D eigenvalue weighted by Crippen LogP contribution is -2.45. The number of benzene rings is 1. The van der Waals surface area contributed by atoms with E-state index in [2.05, 4.69) is 4.90 Å². The molecule has 1 aromatic carbocycles. The molecule has 0 aliphatic carbocycles. The van der Waals surface area contributed by atoms with Crippen LogP contribution >= 0.6 is 0 Å². The second-order valence-corrected chi connectivity index (χ2v) is 7.52. The summed E-state index contributed by atoms with van der Waals surface area (Å²) in [5, 5.41) is 0. The van der Waals surface area contributed by atoms with E-state index in [9.17, 15) is 13.6 Å². The Kier molecular flexibility index (Phi) is 4.53. The lowest BCUT2D eigenvalue weighted by Gasteiger charge is -2.40. The summed E-state index contributed by atoms with van der Waals surface area (Å²) in [4.78, 5) is 16.6. The average Bonchev–Trinajstić information content (AvgIpc) is 3.29. The van der Waals surface area contributed by atoms with Crippen LogP contribution < -0.4 is 0 Å². The van der Waals surface area contributed by atoms with E-state index in [4.69, 9.17) is 4.42 Å². The van der Waals surface area contributed by atoms with E-state index in [0.29, 0.717) is 24.2 Å². The van der Waals surface area contributed by atoms with Crippen LogP contribution in [0.5, 0.6) is 0 Å². The zero-order valence-electron chi connectivity index (χ0n) is 14.6. The predicted molar refractivity (Wildman–Crippen MR) is 92.5 cm³/mol. The van der Waals surface area contributed by atoms with Gasteiger partial charge in [-0.05, 0) is 37.9 Å². The Morgan fingerprint density at radius 2 is 2.04 bits per heavy atom. The lowest BCUT2D eigenvalue weighted by atomic mass is 9.79. The molecule has 4 nitrogen and oxygen atoms in total. The number of hydrogen-bond donors (Lipinski definition) is 0. The van der Waals surface area contributed by atoms with Crippen LogP contribution in [0.25, 0.3) is 0 Å². The van der Waals surface area contributed by atoms with Crippen LogP contribution in [0.15, 0.2) is 41.2 Å². The van der Waals surface area contributed by atoms with E-state index in [1.165, 1.54) is 12.5 Å². The molecule has 1 spiro atoms. The molecule has 0 saturated carbocycles. The van der Waals surface area contributed by atoms with Crippen molar-refractivity contribution in [2.24, 2.45) is 5.41 Å². The van der Waals surface area contributed by atoms with E-state index in [1.807, 2.05) is 4.90 Å². The van der Waals surface area contributed by atoms with Gasteiger partial charge in [-0.1, -0.05) is 12.1 Å². The minimum atomic E-state index is -0.799. The molecule has 1 atom stereocenters. The number of likely N-dealkylation sites (tertiary alicyclic amines) is 2. The van der Waals surface area contributed by atoms with Crippen LogP contribution in [-0.2, 0) is 6.54 Å². The predicted octanol–water partition coefficient (Wildman–Crippen LogP) is 3.69. The second kappa shape index (κ2) is 6.83. The number of carbonyl (C=O) groups is 1. The number of furan rings is 1. The van der Waals surface area contributed by atoms with Gasteiger partial charge in [0.25, 0.3) is 5.91 Å². The fraction of sp³-hybridized carbons (Fsp3) is 0.450. The van der Waals surface area contributed by atoms with Gasteiger partial charge in [0.15, 0.2) is 11.6 Å². The first-order valence-corrected chi connectivity index (χ1v) is 9.03. The monoisotopic (exact) mass is 360 g/mol. The summed E-state index contributed by atoms with van der Waals surface area (Å²) < 4.78 is 32.5. The molecule has 0 radical (unpaired) electrons. The van der Waals surface area contributed by atoms with Crippen LogP contribution in [0.2, 0.25) is 0 Å². The summed E-state index contributed by atoms with van der Waals surface area (Å²) in [5.74, 6) is -1.55. The fourth-order valence-corrected chi connectivity index (χ4v) is 4.37. The van der Waals surface area contributed by atoms with Gasteiger partial charge in [0.2, 0.25) is 0 Å². The molecule has 3 heterocycles. The first-order chi connectivity index (χ1) is 12.6. The van der Waals surface area contributed by atoms with Gasteiger partial charge in [-0.2, -0.15) is 0 Å². The van der Waals surface area contributed by atoms with Gasteiger partial charge in [-0.15, -0.1) is 0 Å². The summed E-state index contributed by atoms with van der Waals surface area (Å²) >= 11 is 0. The number of halogens is 2. The van der Waals surface area contributed by atoms with E-state index in [1.54, 1.807) is 18.2 Å². The van der Waals surface area contributed by atoms with Gasteiger partial charge in [-0.3, -0.25) is 9.69 Å². The first kappa shape index (κ1) is 17.2. The molecule has 0 bridgehead atoms. The lowest BCUT2D eigenvalue weighted by molar-refractivity contribution is 0.0672. The Hall–Kier alpha value is -2.21. The standard InChI is InChI=1S/C20H22F2N2O2/c21-17-4-1-3-15(18(17)22)11-23-8-2-6-20(13-23)7-9-24(14-20)19(25)16-5-10-26-12-16/h1,3-5,10,12H,2,6-9,11,13-14H2/t20-/m0/s1. The molecule has 26 heavy (non-hydrogen) atoms. The van der Waals surface area contributed by atoms with Gasteiger partial charge in [0.05, 0.1) is 11.8 Å². The van der Waals surface area contributed by atoms with Crippen LogP contribution in [0.1, 0.15) is 35.2 Å². The van der Waals surface area contributed by atoms with Crippen LogP contribution in [0.4, 0.5) is 8.78 Å². The summed E-state index contributed by atoms with van der Waals surface area (Å²) in [6.07, 6.45) is 6.00. The smallest absolute Gasteiger partial charge is 0.257 e. The maximum Gasteiger partial charge on any atom is 0.257 e. The van der Waals surface area contributed by atoms with E-state index in [0.717, 1.165) is 45.0 Å². The normalized spacial score (nSPS) is 23.7. The van der Waals surface area contributed by atoms with Crippen molar-refractivity contribution in [3.63, 3.8) is 0 Å². The molecule has 2 fully saturated rings. The third-order valence-electron chi connectivity index (χ3n) is 5.66. The number of amides is 1. The Morgan fingerprint density at radius 3 is 2.85 bits per heavy atom. The van der Waals surface area contributed by atoms with Gasteiger partial charge < -0.3 is 9.32 Å². The number of piperidine rings is 1. The van der Waals surface area contributed by atoms with Crippen molar-refractivity contribution in [3.8, 4) is 0 Å². The molecule has 4 rings (SSSR count). The highest BCUT2D eigenvalue weighted by molar-refractivity contribution is 5.94. The molecule has 138 valence electrons. The molecule has 2 saturated heterocycles. The minimum absolute atomic E-state index is 0.00363. The van der Waals surface area contributed by atoms with Gasteiger partial charge >= 0.3 is 0 Å².